The molecule has 1 aliphatic rings. The molecule has 0 fully saturated rings. The molecule has 0 aromatic heterocycles. The number of amides is 1. The Labute approximate surface area is 82.2 Å². The Kier molecular flexibility index (Phi) is 2.04. The lowest BCUT2D eigenvalue weighted by molar-refractivity contribution is -0.117. The molecule has 14 heavy (non-hydrogen) atoms. The number of nitrogens with zero attached hydrogens (tertiary/aromatic N) is 1. The van der Waals surface area contributed by atoms with Crippen LogP contribution in [0, 0.1) is 0 Å². The molecule has 0 saturated heterocycles. The fraction of sp³-hybridized carbons (Fsp3) is 0.300. The smallest absolute Gasteiger partial charge is 0.246 e. The van der Waals surface area contributed by atoms with E-state index in [0.29, 0.717) is 18.8 Å². The van der Waals surface area contributed by atoms with E-state index in [4.69, 9.17) is 0 Å². The largest absolute Gasteiger partial charge is 0.506 e. The van der Waals surface area contributed by atoms with Crippen LogP contribution in [0.4, 0.5) is 11.4 Å². The minimum atomic E-state index is -0.0125. The number of nitrogens with one attached hydrogen (secondary N) is 1. The molecule has 1 aliphatic heterocycles. The minimum Gasteiger partial charge on any atom is -0.506 e. The topological polar surface area (TPSA) is 52.6 Å². The first-order chi connectivity index (χ1) is 6.74. The van der Waals surface area contributed by atoms with E-state index in [2.05, 4.69) is 5.32 Å². The highest BCUT2D eigenvalue weighted by atomic mass is 16.3. The second kappa shape index (κ2) is 3.21. The quantitative estimate of drug-likeness (QED) is 0.702. The number of carbonyl (C=O) groups excluding carboxylic acids is 1. The van der Waals surface area contributed by atoms with Crippen LogP contribution in [0.2, 0.25) is 0 Å². The lowest BCUT2D eigenvalue weighted by atomic mass is 10.2. The van der Waals surface area contributed by atoms with Gasteiger partial charge in [-0.2, -0.15) is 0 Å². The van der Waals surface area contributed by atoms with Gasteiger partial charge in [0.1, 0.15) is 11.4 Å². The summed E-state index contributed by atoms with van der Waals surface area (Å²) in [5, 5.41) is 12.6. The van der Waals surface area contributed by atoms with Gasteiger partial charge in [0.15, 0.2) is 0 Å². The molecule has 0 unspecified atom stereocenters. The Bertz CT molecular complexity index is 376. The Morgan fingerprint density at radius 1 is 1.57 bits per heavy atom. The van der Waals surface area contributed by atoms with Crippen LogP contribution in [0.25, 0.3) is 0 Å². The van der Waals surface area contributed by atoms with E-state index in [1.54, 1.807) is 17.0 Å². The van der Waals surface area contributed by atoms with Crippen molar-refractivity contribution >= 4 is 17.3 Å². The van der Waals surface area contributed by atoms with Gasteiger partial charge in [-0.1, -0.05) is 6.07 Å². The molecule has 0 spiro atoms. The van der Waals surface area contributed by atoms with Gasteiger partial charge in [0.2, 0.25) is 5.91 Å². The van der Waals surface area contributed by atoms with E-state index in [-0.39, 0.29) is 11.7 Å². The first-order valence-electron chi connectivity index (χ1n) is 4.60. The van der Waals surface area contributed by atoms with Gasteiger partial charge in [0.05, 0.1) is 12.2 Å². The first kappa shape index (κ1) is 8.87. The highest BCUT2D eigenvalue weighted by Crippen LogP contribution is 2.37. The Balaban J connectivity index is 2.54. The summed E-state index contributed by atoms with van der Waals surface area (Å²) in [6, 6.07) is 5.19. The summed E-state index contributed by atoms with van der Waals surface area (Å²) >= 11 is 0. The van der Waals surface area contributed by atoms with Crippen LogP contribution in [0.15, 0.2) is 18.2 Å². The van der Waals surface area contributed by atoms with Crippen molar-refractivity contribution in [1.82, 2.24) is 0 Å². The molecular weight excluding hydrogens is 180 g/mol. The van der Waals surface area contributed by atoms with Gasteiger partial charge >= 0.3 is 0 Å². The molecule has 2 N–H and O–H groups in total. The van der Waals surface area contributed by atoms with E-state index < -0.39 is 0 Å². The summed E-state index contributed by atoms with van der Waals surface area (Å²) < 4.78 is 0. The molecule has 0 aliphatic carbocycles. The van der Waals surface area contributed by atoms with Crippen LogP contribution >= 0.6 is 0 Å². The molecule has 4 nitrogen and oxygen atoms in total. The van der Waals surface area contributed by atoms with Crippen LogP contribution < -0.4 is 10.2 Å². The van der Waals surface area contributed by atoms with Gasteiger partial charge in [-0.15, -0.1) is 0 Å². The average molecular weight is 192 g/mol. The number of likely N-dealkylation sites (N-methyl/N-ethyl adjacent to an activating group) is 1. The zero-order chi connectivity index (χ0) is 10.1. The number of hydrogen-bond donors (Lipinski definition) is 2. The lowest BCUT2D eigenvalue weighted by Crippen LogP contribution is -2.39. The molecule has 1 heterocycles. The number of rotatable bonds is 1. The first-order valence-corrected chi connectivity index (χ1v) is 4.60. The number of aromatic hydroxyl groups is 1. The molecular formula is C10H12N2O2. The predicted octanol–water partition coefficient (Wildman–Crippen LogP) is 1.17. The zero-order valence-electron chi connectivity index (χ0n) is 7.95. The second-order valence-electron chi connectivity index (χ2n) is 3.16. The molecule has 1 aromatic carbocycles. The fourth-order valence-electron chi connectivity index (χ4n) is 1.68. The molecule has 74 valence electrons. The van der Waals surface area contributed by atoms with Crippen molar-refractivity contribution in [3.8, 4) is 5.75 Å². The van der Waals surface area contributed by atoms with Crippen molar-refractivity contribution in [3.05, 3.63) is 18.2 Å². The number of hydrogen-bond acceptors (Lipinski definition) is 3. The Morgan fingerprint density at radius 3 is 3.07 bits per heavy atom. The van der Waals surface area contributed by atoms with Gasteiger partial charge in [-0.05, 0) is 19.1 Å². The van der Waals surface area contributed by atoms with Crippen molar-refractivity contribution < 1.29 is 9.90 Å². The van der Waals surface area contributed by atoms with Gasteiger partial charge in [-0.25, -0.2) is 0 Å². The van der Waals surface area contributed by atoms with Crippen molar-refractivity contribution in [2.45, 2.75) is 6.92 Å². The number of phenols is 1. The third kappa shape index (κ3) is 1.19. The molecule has 2 rings (SSSR count). The molecule has 0 radical (unpaired) electrons. The fourth-order valence-corrected chi connectivity index (χ4v) is 1.68. The Hall–Kier alpha value is -1.71. The summed E-state index contributed by atoms with van der Waals surface area (Å²) in [5.74, 6) is 0.131. The number of para-hydroxylation sites is 1. The van der Waals surface area contributed by atoms with E-state index in [1.807, 2.05) is 13.0 Å². The highest BCUT2D eigenvalue weighted by molar-refractivity contribution is 6.04. The maximum Gasteiger partial charge on any atom is 0.246 e. The highest BCUT2D eigenvalue weighted by Gasteiger charge is 2.24. The summed E-state index contributed by atoms with van der Waals surface area (Å²) in [7, 11) is 0. The van der Waals surface area contributed by atoms with Crippen molar-refractivity contribution in [2.24, 2.45) is 0 Å². The van der Waals surface area contributed by atoms with Crippen LogP contribution in [0.5, 0.6) is 5.75 Å². The SMILES string of the molecule is CCN1C(=O)CNc2cccc(O)c21. The minimum absolute atomic E-state index is 0.0125. The summed E-state index contributed by atoms with van der Waals surface area (Å²) in [6.07, 6.45) is 0. The normalized spacial score (nSPS) is 14.9. The number of benzene rings is 1. The second-order valence-corrected chi connectivity index (χ2v) is 3.16. The third-order valence-electron chi connectivity index (χ3n) is 2.33. The number of anilines is 2. The molecule has 4 heteroatoms. The zero-order valence-corrected chi connectivity index (χ0v) is 7.95. The summed E-state index contributed by atoms with van der Waals surface area (Å²) in [4.78, 5) is 13.1. The van der Waals surface area contributed by atoms with E-state index >= 15 is 0 Å². The molecule has 0 bridgehead atoms. The number of fused-ring (bicyclic) bond motifs is 1. The molecule has 1 amide bonds. The van der Waals surface area contributed by atoms with Gasteiger partial charge in [0, 0.05) is 6.54 Å². The van der Waals surface area contributed by atoms with E-state index in [0.717, 1.165) is 5.69 Å². The van der Waals surface area contributed by atoms with Crippen LogP contribution in [-0.4, -0.2) is 24.1 Å². The summed E-state index contributed by atoms with van der Waals surface area (Å²) in [6.45, 7) is 2.76. The Morgan fingerprint density at radius 2 is 2.36 bits per heavy atom. The molecule has 0 saturated carbocycles. The average Bonchev–Trinajstić information content (AvgIpc) is 2.19. The predicted molar refractivity (Wildman–Crippen MR) is 54.6 cm³/mol. The monoisotopic (exact) mass is 192 g/mol. The number of carbonyl (C=O) groups is 1. The van der Waals surface area contributed by atoms with E-state index in [9.17, 15) is 9.90 Å². The lowest BCUT2D eigenvalue weighted by Gasteiger charge is -2.29. The van der Waals surface area contributed by atoms with Crippen LogP contribution in [-0.2, 0) is 4.79 Å². The maximum absolute atomic E-state index is 11.5. The summed E-state index contributed by atoms with van der Waals surface area (Å²) in [5.41, 5.74) is 1.40. The molecule has 1 aromatic rings. The van der Waals surface area contributed by atoms with Crippen LogP contribution in [0.3, 0.4) is 0 Å². The molecule has 0 atom stereocenters. The van der Waals surface area contributed by atoms with Crippen molar-refractivity contribution in [3.63, 3.8) is 0 Å². The van der Waals surface area contributed by atoms with Gasteiger partial charge in [0.25, 0.3) is 0 Å². The van der Waals surface area contributed by atoms with Crippen molar-refractivity contribution in [2.75, 3.05) is 23.3 Å². The van der Waals surface area contributed by atoms with Crippen molar-refractivity contribution in [1.29, 1.82) is 0 Å². The van der Waals surface area contributed by atoms with E-state index in [1.165, 1.54) is 0 Å². The van der Waals surface area contributed by atoms with Crippen LogP contribution in [0.1, 0.15) is 6.92 Å². The third-order valence-corrected chi connectivity index (χ3v) is 2.33. The maximum atomic E-state index is 11.5. The van der Waals surface area contributed by atoms with Gasteiger partial charge in [-0.3, -0.25) is 4.79 Å². The standard InChI is InChI=1S/C10H12N2O2/c1-2-12-9(14)6-11-7-4-3-5-8(13)10(7)12/h3-5,11,13H,2,6H2,1H3. The number of phenolic OH excluding ortho intramolecular Hbond substituents is 1. The van der Waals surface area contributed by atoms with Gasteiger partial charge < -0.3 is 15.3 Å².